The number of hydrogen-bond donors (Lipinski definition) is 1. The van der Waals surface area contributed by atoms with Crippen LogP contribution in [0.4, 0.5) is 5.82 Å². The van der Waals surface area contributed by atoms with Crippen LogP contribution in [-0.4, -0.2) is 53.7 Å². The lowest BCUT2D eigenvalue weighted by Crippen LogP contribution is -2.48. The first kappa shape index (κ1) is 13.8. The Morgan fingerprint density at radius 1 is 1.53 bits per heavy atom. The molecule has 1 fully saturated rings. The summed E-state index contributed by atoms with van der Waals surface area (Å²) in [5, 5.41) is 10.1. The SMILES string of the molecule is CN(C)c1cc(C(=O)N2CCCC(C)(O)C2)ccn1. The van der Waals surface area contributed by atoms with Crippen molar-refractivity contribution in [1.82, 2.24) is 9.88 Å². The van der Waals surface area contributed by atoms with Crippen LogP contribution >= 0.6 is 0 Å². The lowest BCUT2D eigenvalue weighted by atomic mass is 9.95. The summed E-state index contributed by atoms with van der Waals surface area (Å²) in [7, 11) is 3.78. The summed E-state index contributed by atoms with van der Waals surface area (Å²) in [6, 6.07) is 3.50. The Morgan fingerprint density at radius 3 is 2.89 bits per heavy atom. The molecule has 0 aliphatic carbocycles. The summed E-state index contributed by atoms with van der Waals surface area (Å²) in [5.74, 6) is 0.722. The first-order chi connectivity index (χ1) is 8.89. The fourth-order valence-electron chi connectivity index (χ4n) is 2.37. The third kappa shape index (κ3) is 3.23. The predicted octanol–water partition coefficient (Wildman–Crippen LogP) is 1.13. The molecular weight excluding hydrogens is 242 g/mol. The Kier molecular flexibility index (Phi) is 3.75. The molecule has 5 nitrogen and oxygen atoms in total. The maximum absolute atomic E-state index is 12.4. The first-order valence-electron chi connectivity index (χ1n) is 6.54. The molecule has 1 N–H and O–H groups in total. The van der Waals surface area contributed by atoms with Gasteiger partial charge in [-0.1, -0.05) is 0 Å². The molecule has 0 spiro atoms. The van der Waals surface area contributed by atoms with Crippen LogP contribution in [-0.2, 0) is 0 Å². The molecule has 0 radical (unpaired) electrons. The van der Waals surface area contributed by atoms with Gasteiger partial charge in [-0.3, -0.25) is 4.79 Å². The Balaban J connectivity index is 2.17. The minimum absolute atomic E-state index is 0.0366. The summed E-state index contributed by atoms with van der Waals surface area (Å²) in [4.78, 5) is 20.2. The number of likely N-dealkylation sites (tertiary alicyclic amines) is 1. The Labute approximate surface area is 113 Å². The molecule has 0 saturated carbocycles. The van der Waals surface area contributed by atoms with E-state index < -0.39 is 5.60 Å². The monoisotopic (exact) mass is 263 g/mol. The van der Waals surface area contributed by atoms with Gasteiger partial charge < -0.3 is 14.9 Å². The summed E-state index contributed by atoms with van der Waals surface area (Å²) >= 11 is 0. The van der Waals surface area contributed by atoms with Crippen LogP contribution in [0.1, 0.15) is 30.1 Å². The van der Waals surface area contributed by atoms with Gasteiger partial charge in [0.05, 0.1) is 5.60 Å². The highest BCUT2D eigenvalue weighted by Gasteiger charge is 2.31. The maximum Gasteiger partial charge on any atom is 0.254 e. The number of anilines is 1. The van der Waals surface area contributed by atoms with E-state index in [9.17, 15) is 9.90 Å². The van der Waals surface area contributed by atoms with E-state index in [-0.39, 0.29) is 5.91 Å². The van der Waals surface area contributed by atoms with Gasteiger partial charge in [-0.05, 0) is 31.9 Å². The van der Waals surface area contributed by atoms with Gasteiger partial charge in [-0.15, -0.1) is 0 Å². The number of aliphatic hydroxyl groups is 1. The van der Waals surface area contributed by atoms with Crippen molar-refractivity contribution in [2.45, 2.75) is 25.4 Å². The van der Waals surface area contributed by atoms with E-state index in [1.165, 1.54) is 0 Å². The van der Waals surface area contributed by atoms with Gasteiger partial charge in [0.15, 0.2) is 0 Å². The molecular formula is C14H21N3O2. The fourth-order valence-corrected chi connectivity index (χ4v) is 2.37. The topological polar surface area (TPSA) is 56.7 Å². The van der Waals surface area contributed by atoms with Crippen molar-refractivity contribution in [1.29, 1.82) is 0 Å². The van der Waals surface area contributed by atoms with Gasteiger partial charge in [-0.25, -0.2) is 4.98 Å². The van der Waals surface area contributed by atoms with E-state index in [2.05, 4.69) is 4.98 Å². The number of carbonyl (C=O) groups is 1. The molecule has 104 valence electrons. The molecule has 1 atom stereocenters. The van der Waals surface area contributed by atoms with Crippen LogP contribution in [0.15, 0.2) is 18.3 Å². The minimum atomic E-state index is -0.773. The van der Waals surface area contributed by atoms with Crippen molar-refractivity contribution < 1.29 is 9.90 Å². The standard InChI is InChI=1S/C14H21N3O2/c1-14(19)6-4-8-17(10-14)13(18)11-5-7-15-12(9-11)16(2)3/h5,7,9,19H,4,6,8,10H2,1-3H3. The minimum Gasteiger partial charge on any atom is -0.388 e. The Bertz CT molecular complexity index is 472. The van der Waals surface area contributed by atoms with Crippen molar-refractivity contribution in [3.05, 3.63) is 23.9 Å². The van der Waals surface area contributed by atoms with Gasteiger partial charge in [0.1, 0.15) is 5.82 Å². The number of β-amino-alcohol motifs (C(OH)–C–C–N with tert-alkyl or cyclic N) is 1. The van der Waals surface area contributed by atoms with Crippen LogP contribution in [0.5, 0.6) is 0 Å². The van der Waals surface area contributed by atoms with Gasteiger partial charge in [-0.2, -0.15) is 0 Å². The van der Waals surface area contributed by atoms with Gasteiger partial charge in [0.2, 0.25) is 0 Å². The van der Waals surface area contributed by atoms with Crippen molar-refractivity contribution in [2.75, 3.05) is 32.1 Å². The highest BCUT2D eigenvalue weighted by Crippen LogP contribution is 2.22. The zero-order chi connectivity index (χ0) is 14.0. The second-order valence-corrected chi connectivity index (χ2v) is 5.62. The maximum atomic E-state index is 12.4. The van der Waals surface area contributed by atoms with E-state index in [4.69, 9.17) is 0 Å². The molecule has 2 heterocycles. The van der Waals surface area contributed by atoms with E-state index in [1.54, 1.807) is 30.2 Å². The number of hydrogen-bond acceptors (Lipinski definition) is 4. The number of rotatable bonds is 2. The molecule has 1 unspecified atom stereocenters. The lowest BCUT2D eigenvalue weighted by molar-refractivity contribution is -0.0107. The average molecular weight is 263 g/mol. The summed E-state index contributed by atoms with van der Waals surface area (Å²) in [6.45, 7) is 2.88. The molecule has 1 aromatic heterocycles. The van der Waals surface area contributed by atoms with Gasteiger partial charge in [0.25, 0.3) is 5.91 Å². The third-order valence-electron chi connectivity index (χ3n) is 3.41. The fraction of sp³-hybridized carbons (Fsp3) is 0.571. The highest BCUT2D eigenvalue weighted by atomic mass is 16.3. The normalized spacial score (nSPS) is 23.3. The second kappa shape index (κ2) is 5.17. The zero-order valence-electron chi connectivity index (χ0n) is 11.8. The first-order valence-corrected chi connectivity index (χ1v) is 6.54. The highest BCUT2D eigenvalue weighted by molar-refractivity contribution is 5.95. The molecule has 19 heavy (non-hydrogen) atoms. The number of carbonyl (C=O) groups excluding carboxylic acids is 1. The third-order valence-corrected chi connectivity index (χ3v) is 3.41. The molecule has 1 saturated heterocycles. The largest absolute Gasteiger partial charge is 0.388 e. The summed E-state index contributed by atoms with van der Waals surface area (Å²) in [5.41, 5.74) is -0.151. The number of amides is 1. The molecule has 0 aromatic carbocycles. The molecule has 1 aliphatic rings. The van der Waals surface area contributed by atoms with Gasteiger partial charge >= 0.3 is 0 Å². The van der Waals surface area contributed by atoms with E-state index in [0.29, 0.717) is 18.7 Å². The van der Waals surface area contributed by atoms with Crippen LogP contribution in [0, 0.1) is 0 Å². The lowest BCUT2D eigenvalue weighted by Gasteiger charge is -2.36. The van der Waals surface area contributed by atoms with Crippen LogP contribution in [0.2, 0.25) is 0 Å². The molecule has 5 heteroatoms. The molecule has 1 aromatic rings. The van der Waals surface area contributed by atoms with Crippen molar-refractivity contribution in [2.24, 2.45) is 0 Å². The van der Waals surface area contributed by atoms with E-state index >= 15 is 0 Å². The molecule has 2 rings (SSSR count). The average Bonchev–Trinajstić information content (AvgIpc) is 2.37. The number of nitrogens with zero attached hydrogens (tertiary/aromatic N) is 3. The summed E-state index contributed by atoms with van der Waals surface area (Å²) in [6.07, 6.45) is 3.23. The Hall–Kier alpha value is -1.62. The Morgan fingerprint density at radius 2 is 2.26 bits per heavy atom. The van der Waals surface area contributed by atoms with Crippen LogP contribution < -0.4 is 4.90 Å². The molecule has 0 bridgehead atoms. The van der Waals surface area contributed by atoms with E-state index in [0.717, 1.165) is 18.7 Å². The van der Waals surface area contributed by atoms with E-state index in [1.807, 2.05) is 19.0 Å². The quantitative estimate of drug-likeness (QED) is 0.869. The molecule has 1 aliphatic heterocycles. The summed E-state index contributed by atoms with van der Waals surface area (Å²) < 4.78 is 0. The number of piperidine rings is 1. The van der Waals surface area contributed by atoms with Crippen LogP contribution in [0.25, 0.3) is 0 Å². The second-order valence-electron chi connectivity index (χ2n) is 5.62. The number of pyridine rings is 1. The predicted molar refractivity (Wildman–Crippen MR) is 74.3 cm³/mol. The zero-order valence-corrected chi connectivity index (χ0v) is 11.8. The van der Waals surface area contributed by atoms with Crippen molar-refractivity contribution >= 4 is 11.7 Å². The van der Waals surface area contributed by atoms with Crippen LogP contribution in [0.3, 0.4) is 0 Å². The van der Waals surface area contributed by atoms with Crippen molar-refractivity contribution in [3.63, 3.8) is 0 Å². The number of aromatic nitrogens is 1. The smallest absolute Gasteiger partial charge is 0.254 e. The molecule has 1 amide bonds. The van der Waals surface area contributed by atoms with Crippen molar-refractivity contribution in [3.8, 4) is 0 Å². The van der Waals surface area contributed by atoms with Gasteiger partial charge in [0, 0.05) is 38.9 Å².